The molecule has 0 amide bonds. The molecule has 0 radical (unpaired) electrons. The van der Waals surface area contributed by atoms with Gasteiger partial charge in [-0.25, -0.2) is 0 Å². The summed E-state index contributed by atoms with van der Waals surface area (Å²) in [7, 11) is 4.81. The molecule has 1 N–H and O–H groups in total. The van der Waals surface area contributed by atoms with E-state index in [2.05, 4.69) is 0 Å². The van der Waals surface area contributed by atoms with Crippen LogP contribution >= 0.6 is 0 Å². The molecule has 0 heterocycles. The quantitative estimate of drug-likeness (QED) is 0.839. The predicted molar refractivity (Wildman–Crippen MR) is 68.6 cm³/mol. The Kier molecular flexibility index (Phi) is 3.97. The molecule has 100 valence electrons. The van der Waals surface area contributed by atoms with Gasteiger partial charge in [0.15, 0.2) is 11.5 Å². The first-order valence-electron chi connectivity index (χ1n) is 6.22. The molecule has 1 aromatic rings. The van der Waals surface area contributed by atoms with Crippen LogP contribution in [0.15, 0.2) is 6.07 Å². The highest BCUT2D eigenvalue weighted by Crippen LogP contribution is 2.45. The van der Waals surface area contributed by atoms with E-state index < -0.39 is 6.10 Å². The molecule has 1 aromatic carbocycles. The Morgan fingerprint density at radius 2 is 1.78 bits per heavy atom. The highest BCUT2D eigenvalue weighted by molar-refractivity contribution is 5.60. The second kappa shape index (κ2) is 5.48. The van der Waals surface area contributed by atoms with Crippen LogP contribution in [0.2, 0.25) is 0 Å². The molecule has 0 saturated carbocycles. The average molecular weight is 252 g/mol. The summed E-state index contributed by atoms with van der Waals surface area (Å²) in [4.78, 5) is 0. The second-order valence-corrected chi connectivity index (χ2v) is 4.47. The molecule has 0 bridgehead atoms. The molecule has 0 aliphatic heterocycles. The molecular weight excluding hydrogens is 232 g/mol. The smallest absolute Gasteiger partial charge is 0.203 e. The molecule has 0 spiro atoms. The fraction of sp³-hybridized carbons (Fsp3) is 0.571. The lowest BCUT2D eigenvalue weighted by molar-refractivity contribution is 0.165. The van der Waals surface area contributed by atoms with Gasteiger partial charge in [0.2, 0.25) is 5.75 Å². The van der Waals surface area contributed by atoms with E-state index in [4.69, 9.17) is 14.2 Å². The van der Waals surface area contributed by atoms with Crippen molar-refractivity contribution in [2.75, 3.05) is 21.3 Å². The Bertz CT molecular complexity index is 428. The van der Waals surface area contributed by atoms with E-state index in [0.717, 1.165) is 36.8 Å². The first-order chi connectivity index (χ1) is 8.72. The third-order valence-corrected chi connectivity index (χ3v) is 3.48. The Hall–Kier alpha value is -1.42. The lowest BCUT2D eigenvalue weighted by atomic mass is 9.98. The van der Waals surface area contributed by atoms with Crippen LogP contribution in [0, 0.1) is 0 Å². The van der Waals surface area contributed by atoms with Crippen molar-refractivity contribution in [3.05, 3.63) is 17.2 Å². The van der Waals surface area contributed by atoms with E-state index in [9.17, 15) is 5.11 Å². The van der Waals surface area contributed by atoms with Crippen molar-refractivity contribution in [2.24, 2.45) is 0 Å². The maximum atomic E-state index is 10.2. The molecule has 0 saturated heterocycles. The summed E-state index contributed by atoms with van der Waals surface area (Å²) in [6.45, 7) is 0. The van der Waals surface area contributed by atoms with Crippen molar-refractivity contribution in [3.8, 4) is 17.2 Å². The van der Waals surface area contributed by atoms with Gasteiger partial charge in [0.1, 0.15) is 0 Å². The number of aliphatic hydroxyl groups excluding tert-OH is 1. The molecule has 0 unspecified atom stereocenters. The number of methoxy groups -OCH3 is 3. The third-order valence-electron chi connectivity index (χ3n) is 3.48. The zero-order chi connectivity index (χ0) is 13.1. The van der Waals surface area contributed by atoms with Crippen LogP contribution in [0.3, 0.4) is 0 Å². The fourth-order valence-corrected chi connectivity index (χ4v) is 2.58. The maximum Gasteiger partial charge on any atom is 0.203 e. The van der Waals surface area contributed by atoms with Crippen LogP contribution < -0.4 is 14.2 Å². The Morgan fingerprint density at radius 3 is 2.39 bits per heavy atom. The van der Waals surface area contributed by atoms with Crippen LogP contribution in [0.1, 0.15) is 36.5 Å². The van der Waals surface area contributed by atoms with Gasteiger partial charge in [-0.2, -0.15) is 0 Å². The summed E-state index contributed by atoms with van der Waals surface area (Å²) >= 11 is 0. The Labute approximate surface area is 107 Å². The van der Waals surface area contributed by atoms with Gasteiger partial charge in [-0.15, -0.1) is 0 Å². The van der Waals surface area contributed by atoms with Crippen LogP contribution in [0.4, 0.5) is 0 Å². The molecule has 4 nitrogen and oxygen atoms in total. The van der Waals surface area contributed by atoms with Crippen molar-refractivity contribution < 1.29 is 19.3 Å². The summed E-state index contributed by atoms with van der Waals surface area (Å²) < 4.78 is 16.2. The lowest BCUT2D eigenvalue weighted by Crippen LogP contribution is -2.05. The zero-order valence-corrected chi connectivity index (χ0v) is 11.2. The third kappa shape index (κ3) is 2.12. The summed E-state index contributed by atoms with van der Waals surface area (Å²) in [5, 5.41) is 10.2. The van der Waals surface area contributed by atoms with Gasteiger partial charge in [-0.1, -0.05) is 6.42 Å². The number of benzene rings is 1. The largest absolute Gasteiger partial charge is 0.493 e. The summed E-state index contributed by atoms with van der Waals surface area (Å²) in [6, 6.07) is 1.87. The zero-order valence-electron chi connectivity index (χ0n) is 11.2. The van der Waals surface area contributed by atoms with Gasteiger partial charge in [0.25, 0.3) is 0 Å². The maximum absolute atomic E-state index is 10.2. The topological polar surface area (TPSA) is 47.9 Å². The van der Waals surface area contributed by atoms with Crippen LogP contribution in [0.25, 0.3) is 0 Å². The van der Waals surface area contributed by atoms with Gasteiger partial charge < -0.3 is 19.3 Å². The van der Waals surface area contributed by atoms with Gasteiger partial charge in [0.05, 0.1) is 27.4 Å². The van der Waals surface area contributed by atoms with E-state index in [1.807, 2.05) is 6.07 Å². The number of ether oxygens (including phenoxy) is 3. The minimum Gasteiger partial charge on any atom is -0.493 e. The first-order valence-corrected chi connectivity index (χ1v) is 6.22. The van der Waals surface area contributed by atoms with Crippen molar-refractivity contribution in [2.45, 2.75) is 31.8 Å². The van der Waals surface area contributed by atoms with E-state index in [1.165, 1.54) is 0 Å². The van der Waals surface area contributed by atoms with Crippen LogP contribution in [0.5, 0.6) is 17.2 Å². The van der Waals surface area contributed by atoms with Crippen molar-refractivity contribution in [3.63, 3.8) is 0 Å². The molecule has 1 atom stereocenters. The average Bonchev–Trinajstić information content (AvgIpc) is 2.58. The molecule has 0 fully saturated rings. The number of hydrogen-bond donors (Lipinski definition) is 1. The highest BCUT2D eigenvalue weighted by Gasteiger charge is 2.25. The molecule has 2 rings (SSSR count). The van der Waals surface area contributed by atoms with Gasteiger partial charge >= 0.3 is 0 Å². The second-order valence-electron chi connectivity index (χ2n) is 4.47. The van der Waals surface area contributed by atoms with E-state index in [1.54, 1.807) is 21.3 Å². The molecule has 1 aliphatic rings. The molecule has 18 heavy (non-hydrogen) atoms. The van der Waals surface area contributed by atoms with Gasteiger partial charge in [0, 0.05) is 5.56 Å². The summed E-state index contributed by atoms with van der Waals surface area (Å²) in [5.74, 6) is 1.90. The molecule has 4 heteroatoms. The van der Waals surface area contributed by atoms with Crippen molar-refractivity contribution in [1.29, 1.82) is 0 Å². The molecule has 1 aliphatic carbocycles. The van der Waals surface area contributed by atoms with E-state index in [-0.39, 0.29) is 0 Å². The normalized spacial score (nSPS) is 18.8. The fourth-order valence-electron chi connectivity index (χ4n) is 2.58. The Morgan fingerprint density at radius 1 is 1.06 bits per heavy atom. The standard InChI is InChI=1S/C14H20O4/c1-16-12-8-10-9(6-4-5-7-11(10)15)13(17-2)14(12)18-3/h8,11,15H,4-7H2,1-3H3/t11-/m1/s1. The molecular formula is C14H20O4. The SMILES string of the molecule is COc1cc2c(c(OC)c1OC)CCCC[C@H]2O. The minimum atomic E-state index is -0.448. The van der Waals surface area contributed by atoms with Crippen LogP contribution in [-0.2, 0) is 6.42 Å². The highest BCUT2D eigenvalue weighted by atomic mass is 16.5. The number of hydrogen-bond acceptors (Lipinski definition) is 4. The van der Waals surface area contributed by atoms with Gasteiger partial charge in [-0.3, -0.25) is 0 Å². The lowest BCUT2D eigenvalue weighted by Gasteiger charge is -2.20. The predicted octanol–water partition coefficient (Wildman–Crippen LogP) is 2.47. The van der Waals surface area contributed by atoms with Crippen molar-refractivity contribution in [1.82, 2.24) is 0 Å². The Balaban J connectivity index is 2.64. The molecule has 0 aromatic heterocycles. The minimum absolute atomic E-state index is 0.448. The summed E-state index contributed by atoms with van der Waals surface area (Å²) in [6.07, 6.45) is 3.30. The summed E-state index contributed by atoms with van der Waals surface area (Å²) in [5.41, 5.74) is 1.95. The van der Waals surface area contributed by atoms with Crippen molar-refractivity contribution >= 4 is 0 Å². The number of aliphatic hydroxyl groups is 1. The van der Waals surface area contributed by atoms with Gasteiger partial charge in [-0.05, 0) is 30.9 Å². The number of rotatable bonds is 3. The first kappa shape index (κ1) is 13.0. The van der Waals surface area contributed by atoms with Crippen LogP contribution in [-0.4, -0.2) is 26.4 Å². The monoisotopic (exact) mass is 252 g/mol. The number of fused-ring (bicyclic) bond motifs is 1. The van der Waals surface area contributed by atoms with E-state index in [0.29, 0.717) is 17.2 Å². The van der Waals surface area contributed by atoms with E-state index >= 15 is 0 Å².